The molecule has 0 amide bonds. The van der Waals surface area contributed by atoms with Crippen LogP contribution < -0.4 is 0 Å². The van der Waals surface area contributed by atoms with Crippen molar-refractivity contribution in [1.82, 2.24) is 0 Å². The number of halogens is 6. The summed E-state index contributed by atoms with van der Waals surface area (Å²) < 4.78 is 62.7. The third-order valence-electron chi connectivity index (χ3n) is 3.43. The fourth-order valence-corrected chi connectivity index (χ4v) is 5.24. The van der Waals surface area contributed by atoms with Gasteiger partial charge in [0.15, 0.2) is 24.8 Å². The van der Waals surface area contributed by atoms with Crippen LogP contribution >= 0.6 is 67.8 Å². The number of hydrogen-bond acceptors (Lipinski definition) is 3. The lowest BCUT2D eigenvalue weighted by Gasteiger charge is -2.08. The molecule has 3 rings (SSSR count). The molecule has 0 aromatic heterocycles. The van der Waals surface area contributed by atoms with Crippen LogP contribution in [-0.2, 0) is 21.0 Å². The number of hydrogen-bond donors (Lipinski definition) is 0. The van der Waals surface area contributed by atoms with E-state index in [0.29, 0.717) is 0 Å². The zero-order valence-corrected chi connectivity index (χ0v) is 22.8. The van der Waals surface area contributed by atoms with Gasteiger partial charge in [-0.15, -0.1) is 0 Å². The van der Waals surface area contributed by atoms with E-state index in [9.17, 15) is 13.2 Å². The maximum atomic E-state index is 10.7. The van der Waals surface area contributed by atoms with Crippen molar-refractivity contribution in [3.8, 4) is 0 Å². The van der Waals surface area contributed by atoms with Gasteiger partial charge in [0.2, 0.25) is 0 Å². The van der Waals surface area contributed by atoms with E-state index in [4.69, 9.17) is 13.0 Å². The first-order chi connectivity index (χ1) is 13.9. The Morgan fingerprint density at radius 2 is 0.833 bits per heavy atom. The predicted octanol–water partition coefficient (Wildman–Crippen LogP) is 6.65. The van der Waals surface area contributed by atoms with Crippen LogP contribution in [-0.4, -0.2) is 18.5 Å². The molecular formula is C19H12F3I3O3S2. The molecule has 0 bridgehead atoms. The van der Waals surface area contributed by atoms with Gasteiger partial charge in [-0.05, 0) is 141 Å². The zero-order chi connectivity index (χ0) is 22.5. The maximum absolute atomic E-state index is 10.7. The lowest BCUT2D eigenvalue weighted by molar-refractivity contribution is -0.0517. The monoisotopic (exact) mass is 790 g/mol. The van der Waals surface area contributed by atoms with E-state index in [1.807, 2.05) is 0 Å². The summed E-state index contributed by atoms with van der Waals surface area (Å²) in [5, 5.41) is 0. The first-order valence-corrected chi connectivity index (χ1v) is 13.8. The molecule has 0 saturated carbocycles. The average Bonchev–Trinajstić information content (AvgIpc) is 2.65. The van der Waals surface area contributed by atoms with Crippen molar-refractivity contribution in [2.75, 3.05) is 0 Å². The highest BCUT2D eigenvalue weighted by atomic mass is 127. The number of rotatable bonds is 3. The summed E-state index contributed by atoms with van der Waals surface area (Å²) in [7, 11) is -6.14. The highest BCUT2D eigenvalue weighted by molar-refractivity contribution is 14.1. The Balaban J connectivity index is 0.000000343. The molecule has 0 N–H and O–H groups in total. The Bertz CT molecular complexity index is 963. The van der Waals surface area contributed by atoms with Crippen molar-refractivity contribution >= 4 is 88.8 Å². The second-order valence-electron chi connectivity index (χ2n) is 5.57. The van der Waals surface area contributed by atoms with Crippen LogP contribution in [0.1, 0.15) is 0 Å². The van der Waals surface area contributed by atoms with Crippen molar-refractivity contribution in [1.29, 1.82) is 0 Å². The number of alkyl halides is 3. The molecule has 0 aliphatic heterocycles. The van der Waals surface area contributed by atoms with E-state index in [0.717, 1.165) is 0 Å². The molecular weight excluding hydrogens is 778 g/mol. The minimum atomic E-state index is -6.09. The molecule has 0 radical (unpaired) electrons. The largest absolute Gasteiger partial charge is 0.741 e. The van der Waals surface area contributed by atoms with Crippen LogP contribution in [0.5, 0.6) is 0 Å². The third-order valence-corrected chi connectivity index (χ3v) is 8.39. The Labute approximate surface area is 216 Å². The summed E-state index contributed by atoms with van der Waals surface area (Å²) in [6.45, 7) is 0. The van der Waals surface area contributed by atoms with Gasteiger partial charge in [0.25, 0.3) is 0 Å². The van der Waals surface area contributed by atoms with Crippen molar-refractivity contribution < 1.29 is 26.1 Å². The quantitative estimate of drug-likeness (QED) is 0.129. The molecule has 0 unspecified atom stereocenters. The molecule has 0 aliphatic rings. The smallest absolute Gasteiger partial charge is 0.485 e. The molecule has 3 nitrogen and oxygen atoms in total. The molecule has 0 saturated heterocycles. The van der Waals surface area contributed by atoms with Gasteiger partial charge in [-0.1, -0.05) is 0 Å². The van der Waals surface area contributed by atoms with Crippen LogP contribution in [0.25, 0.3) is 0 Å². The Morgan fingerprint density at radius 3 is 1.00 bits per heavy atom. The molecule has 160 valence electrons. The normalized spacial score (nSPS) is 11.7. The Hall–Kier alpha value is -0.100. The second-order valence-corrected chi connectivity index (χ2v) is 12.7. The van der Waals surface area contributed by atoms with Crippen LogP contribution in [0.15, 0.2) is 87.5 Å². The highest BCUT2D eigenvalue weighted by Gasteiger charge is 2.37. The summed E-state index contributed by atoms with van der Waals surface area (Å²) in [6.07, 6.45) is 0. The molecule has 0 atom stereocenters. The summed E-state index contributed by atoms with van der Waals surface area (Å²) >= 11 is 7.08. The van der Waals surface area contributed by atoms with E-state index in [2.05, 4.69) is 141 Å². The van der Waals surface area contributed by atoms with Gasteiger partial charge in [0, 0.05) is 10.7 Å². The average molecular weight is 790 g/mol. The molecule has 3 aromatic carbocycles. The Kier molecular flexibility index (Phi) is 9.73. The fourth-order valence-electron chi connectivity index (χ4n) is 2.12. The lowest BCUT2D eigenvalue weighted by Crippen LogP contribution is -2.21. The van der Waals surface area contributed by atoms with Crippen molar-refractivity contribution in [3.63, 3.8) is 0 Å². The summed E-state index contributed by atoms with van der Waals surface area (Å²) in [4.78, 5) is 4.09. The van der Waals surface area contributed by atoms with E-state index in [1.165, 1.54) is 25.4 Å². The van der Waals surface area contributed by atoms with Crippen LogP contribution in [0, 0.1) is 10.7 Å². The van der Waals surface area contributed by atoms with Crippen molar-refractivity contribution in [3.05, 3.63) is 83.5 Å². The van der Waals surface area contributed by atoms with E-state index in [1.54, 1.807) is 0 Å². The first-order valence-electron chi connectivity index (χ1n) is 7.91. The third kappa shape index (κ3) is 7.79. The molecule has 0 spiro atoms. The molecule has 0 aliphatic carbocycles. The minimum Gasteiger partial charge on any atom is -0.741 e. The SMILES string of the molecule is Ic1ccc([S+](c2ccc(I)cc2)c2ccc(I)cc2)cc1.O=S(=O)([O-])C(F)(F)F. The zero-order valence-electron chi connectivity index (χ0n) is 14.7. The Morgan fingerprint density at radius 1 is 0.633 bits per heavy atom. The molecule has 3 aromatic rings. The predicted molar refractivity (Wildman–Crippen MR) is 135 cm³/mol. The van der Waals surface area contributed by atoms with Gasteiger partial charge < -0.3 is 4.55 Å². The van der Waals surface area contributed by atoms with Crippen molar-refractivity contribution in [2.24, 2.45) is 0 Å². The number of benzene rings is 3. The van der Waals surface area contributed by atoms with Crippen LogP contribution in [0.4, 0.5) is 13.2 Å². The fraction of sp³-hybridized carbons (Fsp3) is 0.0526. The van der Waals surface area contributed by atoms with Gasteiger partial charge in [0.1, 0.15) is 0 Å². The topological polar surface area (TPSA) is 57.2 Å². The second kappa shape index (κ2) is 11.2. The van der Waals surface area contributed by atoms with E-state index >= 15 is 0 Å². The van der Waals surface area contributed by atoms with Gasteiger partial charge in [-0.3, -0.25) is 0 Å². The maximum Gasteiger partial charge on any atom is 0.485 e. The van der Waals surface area contributed by atoms with Crippen LogP contribution in [0.2, 0.25) is 0 Å². The summed E-state index contributed by atoms with van der Waals surface area (Å²) in [5.74, 6) is 0. The van der Waals surface area contributed by atoms with Gasteiger partial charge >= 0.3 is 5.51 Å². The summed E-state index contributed by atoms with van der Waals surface area (Å²) in [5.41, 5.74) is -5.65. The lowest BCUT2D eigenvalue weighted by atomic mass is 10.4. The highest BCUT2D eigenvalue weighted by Crippen LogP contribution is 2.32. The minimum absolute atomic E-state index is 0.0494. The first kappa shape index (κ1) is 26.2. The van der Waals surface area contributed by atoms with Crippen molar-refractivity contribution in [2.45, 2.75) is 20.2 Å². The van der Waals surface area contributed by atoms with Gasteiger partial charge in [0.05, 0.1) is 10.9 Å². The van der Waals surface area contributed by atoms with Crippen LogP contribution in [0.3, 0.4) is 0 Å². The van der Waals surface area contributed by atoms with Gasteiger partial charge in [-0.25, -0.2) is 8.42 Å². The molecule has 0 fully saturated rings. The summed E-state index contributed by atoms with van der Waals surface area (Å²) in [6, 6.07) is 26.6. The van der Waals surface area contributed by atoms with E-state index in [-0.39, 0.29) is 10.9 Å². The van der Waals surface area contributed by atoms with Gasteiger partial charge in [-0.2, -0.15) is 13.2 Å². The molecule has 11 heteroatoms. The molecule has 0 heterocycles. The standard InChI is InChI=1S/C18H12I3S.CHF3O3S/c19-13-1-7-16(8-2-13)22(17-9-3-14(20)4-10-17)18-11-5-15(21)6-12-18;2-1(3,4)8(5,6)7/h1-12H;(H,5,6,7)/q+1;/p-1. The van der Waals surface area contributed by atoms with E-state index < -0.39 is 15.6 Å². The molecule has 30 heavy (non-hydrogen) atoms.